The number of hydrogen-bond donors (Lipinski definition) is 1. The Morgan fingerprint density at radius 2 is 1.88 bits per heavy atom. The lowest BCUT2D eigenvalue weighted by molar-refractivity contribution is 0.163. The van der Waals surface area contributed by atoms with E-state index in [1.807, 2.05) is 26.0 Å². The summed E-state index contributed by atoms with van der Waals surface area (Å²) in [6.45, 7) is 4.04. The first-order valence-electron chi connectivity index (χ1n) is 6.11. The highest BCUT2D eigenvalue weighted by Gasteiger charge is 2.26. The Hall–Kier alpha value is -1.02. The van der Waals surface area contributed by atoms with Crippen molar-refractivity contribution in [3.63, 3.8) is 0 Å². The van der Waals surface area contributed by atoms with Gasteiger partial charge >= 0.3 is 0 Å². The van der Waals surface area contributed by atoms with Crippen LogP contribution in [0.3, 0.4) is 0 Å². The fraction of sp³-hybridized carbons (Fsp3) is 0.571. The fourth-order valence-corrected chi connectivity index (χ4v) is 2.40. The van der Waals surface area contributed by atoms with Gasteiger partial charge in [0.15, 0.2) is 0 Å². The van der Waals surface area contributed by atoms with Crippen molar-refractivity contribution in [1.29, 1.82) is 0 Å². The minimum absolute atomic E-state index is 0.156. The molecule has 1 aliphatic carbocycles. The first-order chi connectivity index (χ1) is 7.66. The van der Waals surface area contributed by atoms with Crippen LogP contribution in [0.1, 0.15) is 44.6 Å². The molecule has 1 N–H and O–H groups in total. The van der Waals surface area contributed by atoms with E-state index in [2.05, 4.69) is 12.1 Å². The number of aliphatic hydroxyl groups is 1. The van der Waals surface area contributed by atoms with Gasteiger partial charge in [0.2, 0.25) is 0 Å². The molecule has 0 heterocycles. The zero-order valence-corrected chi connectivity index (χ0v) is 10.0. The molecule has 0 radical (unpaired) electrons. The van der Waals surface area contributed by atoms with Crippen LogP contribution in [0.4, 0.5) is 0 Å². The molecule has 16 heavy (non-hydrogen) atoms. The van der Waals surface area contributed by atoms with Gasteiger partial charge in [-0.25, -0.2) is 0 Å². The largest absolute Gasteiger partial charge is 0.491 e. The first kappa shape index (κ1) is 11.5. The molecular weight excluding hydrogens is 200 g/mol. The summed E-state index contributed by atoms with van der Waals surface area (Å²) in [5.41, 5.74) is 1.24. The number of hydrogen-bond acceptors (Lipinski definition) is 2. The molecule has 1 fully saturated rings. The second kappa shape index (κ2) is 4.88. The van der Waals surface area contributed by atoms with E-state index in [0.717, 1.165) is 25.0 Å². The molecule has 88 valence electrons. The van der Waals surface area contributed by atoms with Crippen molar-refractivity contribution in [2.45, 2.75) is 51.2 Å². The van der Waals surface area contributed by atoms with E-state index < -0.39 is 0 Å². The summed E-state index contributed by atoms with van der Waals surface area (Å²) in [5, 5.41) is 9.83. The van der Waals surface area contributed by atoms with E-state index in [9.17, 15) is 5.11 Å². The van der Waals surface area contributed by atoms with Crippen molar-refractivity contribution in [3.8, 4) is 5.75 Å². The van der Waals surface area contributed by atoms with Crippen LogP contribution >= 0.6 is 0 Å². The van der Waals surface area contributed by atoms with Crippen LogP contribution in [0.25, 0.3) is 0 Å². The third-order valence-corrected chi connectivity index (χ3v) is 3.16. The average molecular weight is 220 g/mol. The molecule has 2 heteroatoms. The summed E-state index contributed by atoms with van der Waals surface area (Å²) in [6.07, 6.45) is 3.23. The monoisotopic (exact) mass is 220 g/mol. The van der Waals surface area contributed by atoms with Crippen LogP contribution < -0.4 is 4.74 Å². The highest BCUT2D eigenvalue weighted by Crippen LogP contribution is 2.35. The Balaban J connectivity index is 2.07. The van der Waals surface area contributed by atoms with Gasteiger partial charge in [-0.05, 0) is 44.4 Å². The van der Waals surface area contributed by atoms with Crippen LogP contribution in [-0.4, -0.2) is 17.3 Å². The number of benzene rings is 1. The molecule has 2 atom stereocenters. The van der Waals surface area contributed by atoms with Gasteiger partial charge in [-0.2, -0.15) is 0 Å². The Bertz CT molecular complexity index is 329. The maximum atomic E-state index is 9.83. The summed E-state index contributed by atoms with van der Waals surface area (Å²) >= 11 is 0. The van der Waals surface area contributed by atoms with E-state index in [0.29, 0.717) is 5.92 Å². The van der Waals surface area contributed by atoms with Gasteiger partial charge in [0.05, 0.1) is 12.2 Å². The summed E-state index contributed by atoms with van der Waals surface area (Å²) in [7, 11) is 0. The molecule has 1 aromatic rings. The van der Waals surface area contributed by atoms with E-state index in [1.54, 1.807) is 0 Å². The number of rotatable bonds is 3. The predicted molar refractivity (Wildman–Crippen MR) is 64.8 cm³/mol. The lowest BCUT2D eigenvalue weighted by Crippen LogP contribution is -2.11. The van der Waals surface area contributed by atoms with E-state index in [1.165, 1.54) is 5.56 Å². The molecule has 1 saturated carbocycles. The Morgan fingerprint density at radius 3 is 2.38 bits per heavy atom. The van der Waals surface area contributed by atoms with Gasteiger partial charge in [0.25, 0.3) is 0 Å². The molecular formula is C14H20O2. The molecule has 2 unspecified atom stereocenters. The molecule has 0 amide bonds. The minimum atomic E-state index is -0.156. The van der Waals surface area contributed by atoms with Crippen molar-refractivity contribution in [2.24, 2.45) is 0 Å². The van der Waals surface area contributed by atoms with Gasteiger partial charge in [-0.1, -0.05) is 18.6 Å². The third-order valence-electron chi connectivity index (χ3n) is 3.16. The molecule has 0 aliphatic heterocycles. The van der Waals surface area contributed by atoms with Crippen LogP contribution in [0, 0.1) is 0 Å². The van der Waals surface area contributed by atoms with Crippen LogP contribution in [0.15, 0.2) is 24.3 Å². The Labute approximate surface area is 97.3 Å². The summed E-state index contributed by atoms with van der Waals surface area (Å²) < 4.78 is 5.60. The SMILES string of the molecule is CC(C)Oc1ccc(C2CCCC2O)cc1. The average Bonchev–Trinajstić information content (AvgIpc) is 2.65. The molecule has 2 nitrogen and oxygen atoms in total. The van der Waals surface area contributed by atoms with Crippen LogP contribution in [-0.2, 0) is 0 Å². The lowest BCUT2D eigenvalue weighted by atomic mass is 9.96. The number of aliphatic hydroxyl groups excluding tert-OH is 1. The Morgan fingerprint density at radius 1 is 1.19 bits per heavy atom. The second-order valence-corrected chi connectivity index (χ2v) is 4.84. The minimum Gasteiger partial charge on any atom is -0.491 e. The molecule has 0 spiro atoms. The van der Waals surface area contributed by atoms with Crippen molar-refractivity contribution in [3.05, 3.63) is 29.8 Å². The molecule has 1 aliphatic rings. The van der Waals surface area contributed by atoms with Crippen molar-refractivity contribution < 1.29 is 9.84 Å². The maximum Gasteiger partial charge on any atom is 0.119 e. The summed E-state index contributed by atoms with van der Waals surface area (Å²) in [5.74, 6) is 1.24. The zero-order valence-electron chi connectivity index (χ0n) is 10.0. The smallest absolute Gasteiger partial charge is 0.119 e. The van der Waals surface area contributed by atoms with Gasteiger partial charge in [-0.3, -0.25) is 0 Å². The number of ether oxygens (including phenoxy) is 1. The van der Waals surface area contributed by atoms with Gasteiger partial charge in [0, 0.05) is 5.92 Å². The Kier molecular flexibility index (Phi) is 3.49. The first-order valence-corrected chi connectivity index (χ1v) is 6.11. The third kappa shape index (κ3) is 2.56. The van der Waals surface area contributed by atoms with Gasteiger partial charge < -0.3 is 9.84 Å². The summed E-state index contributed by atoms with van der Waals surface area (Å²) in [4.78, 5) is 0. The van der Waals surface area contributed by atoms with Crippen molar-refractivity contribution in [1.82, 2.24) is 0 Å². The normalized spacial score (nSPS) is 25.0. The lowest BCUT2D eigenvalue weighted by Gasteiger charge is -2.16. The van der Waals surface area contributed by atoms with Crippen LogP contribution in [0.5, 0.6) is 5.75 Å². The topological polar surface area (TPSA) is 29.5 Å². The fourth-order valence-electron chi connectivity index (χ4n) is 2.40. The second-order valence-electron chi connectivity index (χ2n) is 4.84. The van der Waals surface area contributed by atoms with Crippen molar-refractivity contribution in [2.75, 3.05) is 0 Å². The van der Waals surface area contributed by atoms with E-state index in [4.69, 9.17) is 4.74 Å². The predicted octanol–water partition coefficient (Wildman–Crippen LogP) is 3.10. The summed E-state index contributed by atoms with van der Waals surface area (Å²) in [6, 6.07) is 8.16. The van der Waals surface area contributed by atoms with E-state index in [-0.39, 0.29) is 12.2 Å². The van der Waals surface area contributed by atoms with Gasteiger partial charge in [0.1, 0.15) is 5.75 Å². The molecule has 0 saturated heterocycles. The van der Waals surface area contributed by atoms with Crippen LogP contribution in [0.2, 0.25) is 0 Å². The standard InChI is InChI=1S/C14H20O2/c1-10(2)16-12-8-6-11(7-9-12)13-4-3-5-14(13)15/h6-10,13-15H,3-5H2,1-2H3. The quantitative estimate of drug-likeness (QED) is 0.848. The molecule has 0 bridgehead atoms. The molecule has 0 aromatic heterocycles. The van der Waals surface area contributed by atoms with Gasteiger partial charge in [-0.15, -0.1) is 0 Å². The highest BCUT2D eigenvalue weighted by atomic mass is 16.5. The van der Waals surface area contributed by atoms with E-state index >= 15 is 0 Å². The highest BCUT2D eigenvalue weighted by molar-refractivity contribution is 5.30. The molecule has 2 rings (SSSR count). The molecule has 1 aromatic carbocycles. The zero-order chi connectivity index (χ0) is 11.5. The maximum absolute atomic E-state index is 9.83. The van der Waals surface area contributed by atoms with Crippen molar-refractivity contribution >= 4 is 0 Å².